The molecule has 1 aromatic rings. The van der Waals surface area contributed by atoms with E-state index in [0.717, 1.165) is 18.8 Å². The van der Waals surface area contributed by atoms with Gasteiger partial charge in [0.25, 0.3) is 0 Å². The SMILES string of the molecule is CCCn1ncnc1CC(=O)C(C)(CC)OCC. The van der Waals surface area contributed by atoms with Gasteiger partial charge < -0.3 is 4.74 Å². The number of ketones is 1. The van der Waals surface area contributed by atoms with Crippen molar-refractivity contribution < 1.29 is 9.53 Å². The molecule has 102 valence electrons. The molecule has 0 N–H and O–H groups in total. The van der Waals surface area contributed by atoms with Crippen molar-refractivity contribution in [3.05, 3.63) is 12.2 Å². The monoisotopic (exact) mass is 253 g/mol. The maximum Gasteiger partial charge on any atom is 0.171 e. The summed E-state index contributed by atoms with van der Waals surface area (Å²) >= 11 is 0. The molecule has 0 aromatic carbocycles. The third kappa shape index (κ3) is 3.38. The lowest BCUT2D eigenvalue weighted by Gasteiger charge is -2.26. The van der Waals surface area contributed by atoms with E-state index in [2.05, 4.69) is 17.0 Å². The zero-order valence-corrected chi connectivity index (χ0v) is 11.8. The van der Waals surface area contributed by atoms with Crippen LogP contribution in [-0.2, 0) is 22.5 Å². The second-order valence-corrected chi connectivity index (χ2v) is 4.52. The summed E-state index contributed by atoms with van der Waals surface area (Å²) in [7, 11) is 0. The van der Waals surface area contributed by atoms with E-state index in [4.69, 9.17) is 4.74 Å². The zero-order valence-electron chi connectivity index (χ0n) is 11.8. The van der Waals surface area contributed by atoms with Gasteiger partial charge in [-0.1, -0.05) is 13.8 Å². The summed E-state index contributed by atoms with van der Waals surface area (Å²) < 4.78 is 7.37. The summed E-state index contributed by atoms with van der Waals surface area (Å²) in [6.45, 7) is 9.12. The van der Waals surface area contributed by atoms with Gasteiger partial charge in [-0.2, -0.15) is 5.10 Å². The molecule has 1 atom stereocenters. The van der Waals surface area contributed by atoms with E-state index in [0.29, 0.717) is 13.0 Å². The molecule has 0 aliphatic heterocycles. The Labute approximate surface area is 109 Å². The van der Waals surface area contributed by atoms with Crippen molar-refractivity contribution >= 4 is 5.78 Å². The van der Waals surface area contributed by atoms with Gasteiger partial charge in [-0.15, -0.1) is 0 Å². The van der Waals surface area contributed by atoms with Crippen molar-refractivity contribution in [2.24, 2.45) is 0 Å². The van der Waals surface area contributed by atoms with E-state index in [-0.39, 0.29) is 12.2 Å². The van der Waals surface area contributed by atoms with Crippen LogP contribution < -0.4 is 0 Å². The largest absolute Gasteiger partial charge is 0.368 e. The van der Waals surface area contributed by atoms with Crippen LogP contribution in [0.1, 0.15) is 46.4 Å². The van der Waals surface area contributed by atoms with Crippen molar-refractivity contribution in [3.8, 4) is 0 Å². The Morgan fingerprint density at radius 1 is 1.44 bits per heavy atom. The third-order valence-electron chi connectivity index (χ3n) is 3.18. The van der Waals surface area contributed by atoms with Crippen LogP contribution in [0.3, 0.4) is 0 Å². The summed E-state index contributed by atoms with van der Waals surface area (Å²) in [6.07, 6.45) is 3.43. The molecule has 0 amide bonds. The first-order valence-electron chi connectivity index (χ1n) is 6.61. The van der Waals surface area contributed by atoms with Crippen LogP contribution in [0.5, 0.6) is 0 Å². The fraction of sp³-hybridized carbons (Fsp3) is 0.769. The number of carbonyl (C=O) groups is 1. The molecule has 0 radical (unpaired) electrons. The highest BCUT2D eigenvalue weighted by Gasteiger charge is 2.32. The van der Waals surface area contributed by atoms with Crippen LogP contribution in [0.15, 0.2) is 6.33 Å². The summed E-state index contributed by atoms with van der Waals surface area (Å²) in [5.74, 6) is 0.790. The number of rotatable bonds is 8. The molecule has 0 saturated heterocycles. The van der Waals surface area contributed by atoms with Gasteiger partial charge in [0.05, 0.1) is 6.42 Å². The van der Waals surface area contributed by atoms with E-state index in [1.807, 2.05) is 20.8 Å². The first kappa shape index (κ1) is 14.8. The second-order valence-electron chi connectivity index (χ2n) is 4.52. The van der Waals surface area contributed by atoms with E-state index in [9.17, 15) is 4.79 Å². The number of aromatic nitrogens is 3. The molecule has 0 fully saturated rings. The van der Waals surface area contributed by atoms with Gasteiger partial charge in [0.15, 0.2) is 5.78 Å². The van der Waals surface area contributed by atoms with Gasteiger partial charge in [-0.3, -0.25) is 4.79 Å². The van der Waals surface area contributed by atoms with Crippen LogP contribution in [0.25, 0.3) is 0 Å². The molecule has 0 bridgehead atoms. The Bertz CT molecular complexity index is 389. The van der Waals surface area contributed by atoms with Crippen molar-refractivity contribution in [1.29, 1.82) is 0 Å². The van der Waals surface area contributed by atoms with E-state index < -0.39 is 5.60 Å². The minimum Gasteiger partial charge on any atom is -0.368 e. The van der Waals surface area contributed by atoms with Crippen LogP contribution in [0.4, 0.5) is 0 Å². The zero-order chi connectivity index (χ0) is 13.6. The van der Waals surface area contributed by atoms with Gasteiger partial charge >= 0.3 is 0 Å². The Hall–Kier alpha value is -1.23. The van der Waals surface area contributed by atoms with E-state index in [1.54, 1.807) is 4.68 Å². The number of nitrogens with zero attached hydrogens (tertiary/aromatic N) is 3. The lowest BCUT2D eigenvalue weighted by Crippen LogP contribution is -2.39. The Morgan fingerprint density at radius 3 is 2.72 bits per heavy atom. The lowest BCUT2D eigenvalue weighted by atomic mass is 9.95. The molecule has 1 heterocycles. The molecule has 0 saturated carbocycles. The highest BCUT2D eigenvalue weighted by molar-refractivity contribution is 5.88. The highest BCUT2D eigenvalue weighted by atomic mass is 16.5. The maximum absolute atomic E-state index is 12.3. The number of ether oxygens (including phenoxy) is 1. The van der Waals surface area contributed by atoms with Crippen molar-refractivity contribution in [2.75, 3.05) is 6.61 Å². The Morgan fingerprint density at radius 2 is 2.17 bits per heavy atom. The maximum atomic E-state index is 12.3. The molecule has 1 unspecified atom stereocenters. The van der Waals surface area contributed by atoms with Gasteiger partial charge in [-0.25, -0.2) is 9.67 Å². The smallest absolute Gasteiger partial charge is 0.171 e. The molecule has 0 spiro atoms. The molecular weight excluding hydrogens is 230 g/mol. The average molecular weight is 253 g/mol. The fourth-order valence-corrected chi connectivity index (χ4v) is 1.85. The van der Waals surface area contributed by atoms with E-state index in [1.165, 1.54) is 6.33 Å². The van der Waals surface area contributed by atoms with Crippen LogP contribution in [0.2, 0.25) is 0 Å². The van der Waals surface area contributed by atoms with Gasteiger partial charge in [-0.05, 0) is 26.7 Å². The van der Waals surface area contributed by atoms with Crippen molar-refractivity contribution in [1.82, 2.24) is 14.8 Å². The van der Waals surface area contributed by atoms with Crippen molar-refractivity contribution in [2.45, 2.75) is 59.1 Å². The Kier molecular flexibility index (Phi) is 5.47. The number of Topliss-reactive ketones (excluding diaryl/α,β-unsaturated/α-hetero) is 1. The normalized spacial score (nSPS) is 14.4. The standard InChI is InChI=1S/C13H23N3O2/c1-5-8-16-12(14-10-15-16)9-11(17)13(4,6-2)18-7-3/h10H,5-9H2,1-4H3. The lowest BCUT2D eigenvalue weighted by molar-refractivity contribution is -0.141. The minimum absolute atomic E-state index is 0.0669. The quantitative estimate of drug-likeness (QED) is 0.711. The molecule has 0 aliphatic carbocycles. The molecule has 0 aliphatic rings. The third-order valence-corrected chi connectivity index (χ3v) is 3.18. The second kappa shape index (κ2) is 6.64. The molecular formula is C13H23N3O2. The average Bonchev–Trinajstić information content (AvgIpc) is 2.77. The van der Waals surface area contributed by atoms with E-state index >= 15 is 0 Å². The minimum atomic E-state index is -0.711. The summed E-state index contributed by atoms with van der Waals surface area (Å²) in [4.78, 5) is 16.5. The predicted molar refractivity (Wildman–Crippen MR) is 69.3 cm³/mol. The number of aryl methyl sites for hydroxylation is 1. The topological polar surface area (TPSA) is 57.0 Å². The van der Waals surface area contributed by atoms with Crippen molar-refractivity contribution in [3.63, 3.8) is 0 Å². The molecule has 5 heteroatoms. The number of hydrogen-bond donors (Lipinski definition) is 0. The first-order chi connectivity index (χ1) is 8.57. The molecule has 1 aromatic heterocycles. The highest BCUT2D eigenvalue weighted by Crippen LogP contribution is 2.18. The van der Waals surface area contributed by atoms with Gasteiger partial charge in [0, 0.05) is 13.2 Å². The summed E-state index contributed by atoms with van der Waals surface area (Å²) in [6, 6.07) is 0. The van der Waals surface area contributed by atoms with Crippen LogP contribution >= 0.6 is 0 Å². The van der Waals surface area contributed by atoms with Gasteiger partial charge in [0.2, 0.25) is 0 Å². The number of carbonyl (C=O) groups excluding carboxylic acids is 1. The summed E-state index contributed by atoms with van der Waals surface area (Å²) in [5.41, 5.74) is -0.711. The molecule has 5 nitrogen and oxygen atoms in total. The molecule has 1 rings (SSSR count). The molecule has 18 heavy (non-hydrogen) atoms. The van der Waals surface area contributed by atoms with Gasteiger partial charge in [0.1, 0.15) is 17.8 Å². The van der Waals surface area contributed by atoms with Crippen LogP contribution in [0, 0.1) is 0 Å². The Balaban J connectivity index is 2.76. The summed E-state index contributed by atoms with van der Waals surface area (Å²) in [5, 5.41) is 4.13. The number of hydrogen-bond acceptors (Lipinski definition) is 4. The van der Waals surface area contributed by atoms with Crippen LogP contribution in [-0.4, -0.2) is 32.8 Å². The first-order valence-corrected chi connectivity index (χ1v) is 6.61. The predicted octanol–water partition coefficient (Wildman–Crippen LogP) is 2.00. The fourth-order valence-electron chi connectivity index (χ4n) is 1.85.